The van der Waals surface area contributed by atoms with Gasteiger partial charge in [0.25, 0.3) is 11.8 Å². The summed E-state index contributed by atoms with van der Waals surface area (Å²) in [6.07, 6.45) is 3.42. The number of fused-ring (bicyclic) bond motifs is 1. The Bertz CT molecular complexity index is 1930. The number of carboxylic acid groups (broad SMARTS) is 1. The van der Waals surface area contributed by atoms with Crippen molar-refractivity contribution in [1.29, 1.82) is 0 Å². The Morgan fingerprint density at radius 2 is 1.57 bits per heavy atom. The second kappa shape index (κ2) is 14.3. The normalized spacial score (nSPS) is 11.4. The van der Waals surface area contributed by atoms with Gasteiger partial charge in [-0.3, -0.25) is 20.0 Å². The molecule has 2 heterocycles. The highest BCUT2D eigenvalue weighted by atomic mass is 16.4. The summed E-state index contributed by atoms with van der Waals surface area (Å²) < 4.78 is 0. The monoisotopic (exact) mass is 611 g/mol. The number of pyridine rings is 2. The summed E-state index contributed by atoms with van der Waals surface area (Å²) in [6, 6.07) is 26.1. The van der Waals surface area contributed by atoms with Gasteiger partial charge in [-0.2, -0.15) is 0 Å². The average Bonchev–Trinajstić information content (AvgIpc) is 3.08. The van der Waals surface area contributed by atoms with E-state index < -0.39 is 17.9 Å². The Balaban J connectivity index is 1.33. The largest absolute Gasteiger partial charge is 0.480 e. The van der Waals surface area contributed by atoms with E-state index in [9.17, 15) is 19.5 Å². The van der Waals surface area contributed by atoms with E-state index >= 15 is 0 Å². The Labute approximate surface area is 267 Å². The maximum absolute atomic E-state index is 13.6. The molecule has 9 nitrogen and oxygen atoms in total. The maximum atomic E-state index is 13.6. The number of hydrazine groups is 1. The Morgan fingerprint density at radius 3 is 2.17 bits per heavy atom. The van der Waals surface area contributed by atoms with Gasteiger partial charge in [0.15, 0.2) is 0 Å². The van der Waals surface area contributed by atoms with Crippen molar-refractivity contribution < 1.29 is 19.5 Å². The molecular weight excluding hydrogens is 578 g/mol. The molecule has 0 aliphatic heterocycles. The van der Waals surface area contributed by atoms with Gasteiger partial charge in [0.2, 0.25) is 0 Å². The molecule has 0 saturated heterocycles. The van der Waals surface area contributed by atoms with E-state index in [2.05, 4.69) is 27.2 Å². The fourth-order valence-electron chi connectivity index (χ4n) is 5.13. The predicted molar refractivity (Wildman–Crippen MR) is 176 cm³/mol. The number of carbonyl (C=O) groups is 3. The van der Waals surface area contributed by atoms with Crippen molar-refractivity contribution in [3.05, 3.63) is 131 Å². The smallest absolute Gasteiger partial charge is 0.326 e. The molecule has 0 spiro atoms. The van der Waals surface area contributed by atoms with E-state index in [1.54, 1.807) is 48.8 Å². The number of rotatable bonds is 9. The Morgan fingerprint density at radius 1 is 0.913 bits per heavy atom. The molecule has 9 heteroatoms. The van der Waals surface area contributed by atoms with E-state index in [0.29, 0.717) is 39.8 Å². The van der Waals surface area contributed by atoms with E-state index in [1.165, 1.54) is 4.90 Å². The number of hydrogen-bond acceptors (Lipinski definition) is 6. The zero-order chi connectivity index (χ0) is 32.6. The van der Waals surface area contributed by atoms with Crippen LogP contribution in [0.2, 0.25) is 0 Å². The van der Waals surface area contributed by atoms with Crippen LogP contribution in [0, 0.1) is 17.8 Å². The van der Waals surface area contributed by atoms with Crippen LogP contribution in [0.4, 0.5) is 0 Å². The van der Waals surface area contributed by atoms with Crippen LogP contribution in [-0.4, -0.2) is 50.3 Å². The first-order valence-electron chi connectivity index (χ1n) is 14.8. The molecule has 0 radical (unpaired) electrons. The first kappa shape index (κ1) is 31.6. The maximum Gasteiger partial charge on any atom is 0.326 e. The third kappa shape index (κ3) is 7.44. The molecule has 0 bridgehead atoms. The van der Waals surface area contributed by atoms with Crippen LogP contribution in [0.1, 0.15) is 51.3 Å². The van der Waals surface area contributed by atoms with Crippen molar-refractivity contribution in [1.82, 2.24) is 20.3 Å². The summed E-state index contributed by atoms with van der Waals surface area (Å²) in [5, 5.41) is 10.7. The lowest BCUT2D eigenvalue weighted by Gasteiger charge is -2.31. The van der Waals surface area contributed by atoms with Gasteiger partial charge in [0.1, 0.15) is 6.04 Å². The third-order valence-electron chi connectivity index (χ3n) is 7.41. The van der Waals surface area contributed by atoms with E-state index in [1.807, 2.05) is 68.4 Å². The zero-order valence-electron chi connectivity index (χ0n) is 25.5. The van der Waals surface area contributed by atoms with Crippen molar-refractivity contribution in [3.63, 3.8) is 0 Å². The summed E-state index contributed by atoms with van der Waals surface area (Å²) in [5.74, 6) is 9.92. The number of aromatic nitrogens is 2. The molecule has 1 unspecified atom stereocenters. The lowest BCUT2D eigenvalue weighted by atomic mass is 10.0. The van der Waals surface area contributed by atoms with Crippen molar-refractivity contribution in [2.45, 2.75) is 26.3 Å². The van der Waals surface area contributed by atoms with Crippen molar-refractivity contribution in [3.8, 4) is 23.1 Å². The van der Waals surface area contributed by atoms with Gasteiger partial charge >= 0.3 is 5.97 Å². The Hall–Kier alpha value is -5.85. The topological polar surface area (TPSA) is 139 Å². The number of nitrogens with zero attached hydrogens (tertiary/aromatic N) is 3. The van der Waals surface area contributed by atoms with E-state index in [-0.39, 0.29) is 18.2 Å². The molecule has 46 heavy (non-hydrogen) atoms. The van der Waals surface area contributed by atoms with Crippen LogP contribution in [0.25, 0.3) is 22.2 Å². The molecule has 230 valence electrons. The number of hydrogen-bond donors (Lipinski definition) is 3. The number of nitrogen functional groups attached to an aromatic ring is 1. The minimum Gasteiger partial charge on any atom is -0.480 e. The molecule has 3 aromatic carbocycles. The number of carboxylic acids is 1. The van der Waals surface area contributed by atoms with E-state index in [4.69, 9.17) is 5.84 Å². The average molecular weight is 612 g/mol. The van der Waals surface area contributed by atoms with Crippen molar-refractivity contribution >= 4 is 28.7 Å². The highest BCUT2D eigenvalue weighted by Crippen LogP contribution is 2.25. The number of carbonyl (C=O) groups excluding carboxylic acids is 2. The van der Waals surface area contributed by atoms with Gasteiger partial charge in [-0.05, 0) is 60.0 Å². The van der Waals surface area contributed by atoms with Gasteiger partial charge in [-0.15, -0.1) is 0 Å². The van der Waals surface area contributed by atoms with Crippen LogP contribution in [0.5, 0.6) is 0 Å². The molecule has 1 atom stereocenters. The number of amides is 2. The molecule has 5 aromatic rings. The van der Waals surface area contributed by atoms with E-state index in [0.717, 1.165) is 16.7 Å². The first-order chi connectivity index (χ1) is 22.2. The highest BCUT2D eigenvalue weighted by molar-refractivity contribution is 6.06. The molecule has 2 amide bonds. The second-order valence-electron chi connectivity index (χ2n) is 11.2. The first-order valence-corrected chi connectivity index (χ1v) is 14.8. The third-order valence-corrected chi connectivity index (χ3v) is 7.41. The van der Waals surface area contributed by atoms with Crippen molar-refractivity contribution in [2.24, 2.45) is 11.8 Å². The number of nitrogens with two attached hydrogens (primary N) is 1. The van der Waals surface area contributed by atoms with Gasteiger partial charge in [0, 0.05) is 53.0 Å². The standard InChI is InChI=1S/C37H33N5O4/c1-24(2)23-42(34(37(45)46)20-27-6-4-3-5-7-27)36(44)29-16-12-26(13-17-29)9-8-25-10-14-28(15-11-25)33-21-30(35(43)41-38)31-22-39-19-18-32(31)40-33/h3-7,10-19,21-22,24,34H,20,23,38H2,1-2H3,(H,41,43)(H,45,46). The summed E-state index contributed by atoms with van der Waals surface area (Å²) in [5.41, 5.74) is 7.31. The predicted octanol–water partition coefficient (Wildman–Crippen LogP) is 5.09. The fraction of sp³-hybridized carbons (Fsp3) is 0.162. The van der Waals surface area contributed by atoms with Gasteiger partial charge < -0.3 is 10.0 Å². The van der Waals surface area contributed by atoms with Gasteiger partial charge in [-0.25, -0.2) is 15.6 Å². The minimum atomic E-state index is -1.04. The molecule has 0 aliphatic rings. The lowest BCUT2D eigenvalue weighted by Crippen LogP contribution is -2.48. The lowest BCUT2D eigenvalue weighted by molar-refractivity contribution is -0.142. The zero-order valence-corrected chi connectivity index (χ0v) is 25.5. The van der Waals surface area contributed by atoms with Crippen LogP contribution in [-0.2, 0) is 11.2 Å². The van der Waals surface area contributed by atoms with Crippen LogP contribution in [0.3, 0.4) is 0 Å². The van der Waals surface area contributed by atoms with Crippen LogP contribution < -0.4 is 11.3 Å². The van der Waals surface area contributed by atoms with Crippen molar-refractivity contribution in [2.75, 3.05) is 6.54 Å². The van der Waals surface area contributed by atoms with Crippen LogP contribution in [0.15, 0.2) is 103 Å². The molecule has 4 N–H and O–H groups in total. The molecule has 0 fully saturated rings. The quantitative estimate of drug-likeness (QED) is 0.0913. The number of nitrogens with one attached hydrogen (secondary N) is 1. The minimum absolute atomic E-state index is 0.0833. The SMILES string of the molecule is CC(C)CN(C(=O)c1ccc(C#Cc2ccc(-c3cc(C(=O)NN)c4cnccc4n3)cc2)cc1)C(Cc1ccccc1)C(=O)O. The number of aliphatic carboxylic acids is 1. The highest BCUT2D eigenvalue weighted by Gasteiger charge is 2.31. The molecule has 2 aromatic heterocycles. The molecule has 0 saturated carbocycles. The number of benzene rings is 3. The van der Waals surface area contributed by atoms with Gasteiger partial charge in [-0.1, -0.05) is 68.2 Å². The fourth-order valence-corrected chi connectivity index (χ4v) is 5.13. The molecular formula is C37H33N5O4. The van der Waals surface area contributed by atoms with Gasteiger partial charge in [0.05, 0.1) is 16.8 Å². The summed E-state index contributed by atoms with van der Waals surface area (Å²) in [6.45, 7) is 4.23. The summed E-state index contributed by atoms with van der Waals surface area (Å²) >= 11 is 0. The molecule has 5 rings (SSSR count). The Kier molecular flexibility index (Phi) is 9.81. The second-order valence-corrected chi connectivity index (χ2v) is 11.2. The van der Waals surface area contributed by atoms with Crippen LogP contribution >= 0.6 is 0 Å². The summed E-state index contributed by atoms with van der Waals surface area (Å²) in [4.78, 5) is 48.5. The molecule has 0 aliphatic carbocycles. The summed E-state index contributed by atoms with van der Waals surface area (Å²) in [7, 11) is 0.